The average Bonchev–Trinajstić information content (AvgIpc) is 2.76. The summed E-state index contributed by atoms with van der Waals surface area (Å²) >= 11 is 7.18. The number of hydrogen-bond acceptors (Lipinski definition) is 4. The fourth-order valence-electron chi connectivity index (χ4n) is 1.64. The third-order valence-electron chi connectivity index (χ3n) is 2.56. The molecule has 19 heavy (non-hydrogen) atoms. The predicted octanol–water partition coefficient (Wildman–Crippen LogP) is 3.02. The number of para-hydroxylation sites is 1. The van der Waals surface area contributed by atoms with E-state index in [0.29, 0.717) is 4.34 Å². The summed E-state index contributed by atoms with van der Waals surface area (Å²) in [7, 11) is -3.64. The van der Waals surface area contributed by atoms with Crippen molar-refractivity contribution in [2.24, 2.45) is 0 Å². The Kier molecular flexibility index (Phi) is 4.15. The van der Waals surface area contributed by atoms with Crippen LogP contribution in [-0.4, -0.2) is 8.42 Å². The molecule has 0 amide bonds. The van der Waals surface area contributed by atoms with Gasteiger partial charge in [0.2, 0.25) is 10.0 Å². The van der Waals surface area contributed by atoms with Crippen molar-refractivity contribution in [2.75, 3.05) is 5.73 Å². The molecular formula is C12H13ClN2O2S2. The maximum atomic E-state index is 12.2. The highest BCUT2D eigenvalue weighted by atomic mass is 35.5. The van der Waals surface area contributed by atoms with Gasteiger partial charge in [-0.2, -0.15) is 0 Å². The zero-order valence-corrected chi connectivity index (χ0v) is 12.5. The molecule has 102 valence electrons. The van der Waals surface area contributed by atoms with Gasteiger partial charge in [-0.05, 0) is 31.2 Å². The van der Waals surface area contributed by atoms with Gasteiger partial charge in [0.05, 0.1) is 16.1 Å². The van der Waals surface area contributed by atoms with Crippen LogP contribution in [0.1, 0.15) is 17.8 Å². The molecule has 0 aliphatic rings. The van der Waals surface area contributed by atoms with Crippen molar-refractivity contribution < 1.29 is 8.42 Å². The molecule has 1 aromatic carbocycles. The van der Waals surface area contributed by atoms with Crippen LogP contribution in [0.5, 0.6) is 0 Å². The van der Waals surface area contributed by atoms with Crippen molar-refractivity contribution in [3.8, 4) is 0 Å². The number of nitrogens with one attached hydrogen (secondary N) is 1. The van der Waals surface area contributed by atoms with Gasteiger partial charge in [-0.3, -0.25) is 0 Å². The second kappa shape index (κ2) is 5.50. The van der Waals surface area contributed by atoms with Crippen molar-refractivity contribution in [3.63, 3.8) is 0 Å². The highest BCUT2D eigenvalue weighted by Crippen LogP contribution is 2.28. The lowest BCUT2D eigenvalue weighted by Crippen LogP contribution is -2.27. The summed E-state index contributed by atoms with van der Waals surface area (Å²) in [5.41, 5.74) is 5.92. The van der Waals surface area contributed by atoms with Crippen LogP contribution in [0.15, 0.2) is 41.3 Å². The van der Waals surface area contributed by atoms with Crippen molar-refractivity contribution >= 4 is 38.6 Å². The molecule has 1 unspecified atom stereocenters. The molecule has 0 saturated heterocycles. The first kappa shape index (κ1) is 14.3. The second-order valence-corrected chi connectivity index (χ2v) is 7.45. The normalized spacial score (nSPS) is 13.4. The van der Waals surface area contributed by atoms with Crippen molar-refractivity contribution in [2.45, 2.75) is 17.9 Å². The summed E-state index contributed by atoms with van der Waals surface area (Å²) in [5.74, 6) is 0. The van der Waals surface area contributed by atoms with Crippen LogP contribution in [0.3, 0.4) is 0 Å². The zero-order chi connectivity index (χ0) is 14.0. The lowest BCUT2D eigenvalue weighted by molar-refractivity contribution is 0.569. The van der Waals surface area contributed by atoms with Crippen LogP contribution in [0.2, 0.25) is 4.34 Å². The lowest BCUT2D eigenvalue weighted by atomic mass is 10.3. The first-order valence-corrected chi connectivity index (χ1v) is 8.20. The fourth-order valence-corrected chi connectivity index (χ4v) is 4.13. The molecule has 0 aliphatic heterocycles. The summed E-state index contributed by atoms with van der Waals surface area (Å²) in [6.07, 6.45) is 0. The van der Waals surface area contributed by atoms with E-state index in [1.165, 1.54) is 17.4 Å². The number of thiophene rings is 1. The number of nitrogens with two attached hydrogens (primary N) is 1. The molecule has 1 atom stereocenters. The van der Waals surface area contributed by atoms with Crippen molar-refractivity contribution in [3.05, 3.63) is 45.6 Å². The molecule has 0 spiro atoms. The summed E-state index contributed by atoms with van der Waals surface area (Å²) in [5, 5.41) is 0. The topological polar surface area (TPSA) is 72.2 Å². The number of benzene rings is 1. The molecule has 0 radical (unpaired) electrons. The Bertz CT molecular complexity index is 683. The SMILES string of the molecule is CC(NS(=O)(=O)c1ccccc1N)c1ccc(Cl)s1. The number of sulfonamides is 1. The molecule has 1 heterocycles. The number of rotatable bonds is 4. The second-order valence-electron chi connectivity index (χ2n) is 4.02. The van der Waals surface area contributed by atoms with E-state index in [1.807, 2.05) is 0 Å². The van der Waals surface area contributed by atoms with Gasteiger partial charge in [0.1, 0.15) is 4.90 Å². The lowest BCUT2D eigenvalue weighted by Gasteiger charge is -2.13. The van der Waals surface area contributed by atoms with E-state index in [-0.39, 0.29) is 16.6 Å². The van der Waals surface area contributed by atoms with E-state index in [2.05, 4.69) is 4.72 Å². The maximum Gasteiger partial charge on any atom is 0.243 e. The first-order valence-electron chi connectivity index (χ1n) is 5.52. The van der Waals surface area contributed by atoms with Crippen LogP contribution in [-0.2, 0) is 10.0 Å². The zero-order valence-electron chi connectivity index (χ0n) is 10.1. The molecule has 0 fully saturated rings. The average molecular weight is 317 g/mol. The minimum atomic E-state index is -3.64. The number of hydrogen-bond donors (Lipinski definition) is 2. The molecule has 1 aromatic heterocycles. The number of halogens is 1. The molecule has 2 aromatic rings. The Balaban J connectivity index is 2.25. The molecule has 3 N–H and O–H groups in total. The molecule has 0 aliphatic carbocycles. The Labute approximate surface area is 121 Å². The van der Waals surface area contributed by atoms with Gasteiger partial charge in [0.15, 0.2) is 0 Å². The van der Waals surface area contributed by atoms with Gasteiger partial charge in [0, 0.05) is 4.88 Å². The van der Waals surface area contributed by atoms with Crippen LogP contribution < -0.4 is 10.5 Å². The summed E-state index contributed by atoms with van der Waals surface area (Å²) in [6.45, 7) is 1.76. The van der Waals surface area contributed by atoms with Gasteiger partial charge >= 0.3 is 0 Å². The largest absolute Gasteiger partial charge is 0.398 e. The van der Waals surface area contributed by atoms with Crippen LogP contribution >= 0.6 is 22.9 Å². The fraction of sp³-hybridized carbons (Fsp3) is 0.167. The monoisotopic (exact) mass is 316 g/mol. The standard InChI is InChI=1S/C12H13ClN2O2S2/c1-8(10-6-7-12(13)18-10)15-19(16,17)11-5-3-2-4-9(11)14/h2-8,15H,14H2,1H3. The molecule has 2 rings (SSSR count). The summed E-state index contributed by atoms with van der Waals surface area (Å²) in [6, 6.07) is 9.54. The van der Waals surface area contributed by atoms with E-state index < -0.39 is 10.0 Å². The minimum absolute atomic E-state index is 0.0875. The first-order chi connectivity index (χ1) is 8.90. The maximum absolute atomic E-state index is 12.2. The third kappa shape index (κ3) is 3.27. The summed E-state index contributed by atoms with van der Waals surface area (Å²) in [4.78, 5) is 0.938. The van der Waals surface area contributed by atoms with E-state index in [0.717, 1.165) is 4.88 Å². The van der Waals surface area contributed by atoms with Crippen LogP contribution in [0, 0.1) is 0 Å². The van der Waals surface area contributed by atoms with Gasteiger partial charge in [-0.25, -0.2) is 13.1 Å². The Hall–Kier alpha value is -1.08. The Morgan fingerprint density at radius 2 is 1.95 bits per heavy atom. The van der Waals surface area contributed by atoms with Crippen LogP contribution in [0.25, 0.3) is 0 Å². The smallest absolute Gasteiger partial charge is 0.243 e. The molecule has 7 heteroatoms. The summed E-state index contributed by atoms with van der Waals surface area (Å²) < 4.78 is 27.7. The van der Waals surface area contributed by atoms with Gasteiger partial charge in [-0.1, -0.05) is 23.7 Å². The van der Waals surface area contributed by atoms with E-state index in [4.69, 9.17) is 17.3 Å². The Morgan fingerprint density at radius 1 is 1.26 bits per heavy atom. The highest BCUT2D eigenvalue weighted by Gasteiger charge is 2.21. The predicted molar refractivity (Wildman–Crippen MR) is 78.9 cm³/mol. The number of nitrogen functional groups attached to an aromatic ring is 1. The molecule has 0 bridgehead atoms. The highest BCUT2D eigenvalue weighted by molar-refractivity contribution is 7.89. The van der Waals surface area contributed by atoms with Crippen molar-refractivity contribution in [1.29, 1.82) is 0 Å². The molecule has 4 nitrogen and oxygen atoms in total. The van der Waals surface area contributed by atoms with E-state index in [1.54, 1.807) is 37.3 Å². The quantitative estimate of drug-likeness (QED) is 0.852. The van der Waals surface area contributed by atoms with E-state index in [9.17, 15) is 8.42 Å². The van der Waals surface area contributed by atoms with Crippen molar-refractivity contribution in [1.82, 2.24) is 4.72 Å². The Morgan fingerprint density at radius 3 is 2.53 bits per heavy atom. The minimum Gasteiger partial charge on any atom is -0.398 e. The number of anilines is 1. The van der Waals surface area contributed by atoms with E-state index >= 15 is 0 Å². The third-order valence-corrected chi connectivity index (χ3v) is 5.59. The van der Waals surface area contributed by atoms with Gasteiger partial charge in [0.25, 0.3) is 0 Å². The van der Waals surface area contributed by atoms with Gasteiger partial charge in [-0.15, -0.1) is 11.3 Å². The molecular weight excluding hydrogens is 304 g/mol. The van der Waals surface area contributed by atoms with Gasteiger partial charge < -0.3 is 5.73 Å². The molecule has 0 saturated carbocycles. The van der Waals surface area contributed by atoms with Crippen LogP contribution in [0.4, 0.5) is 5.69 Å².